The topological polar surface area (TPSA) is 59.4 Å². The van der Waals surface area contributed by atoms with E-state index in [9.17, 15) is 4.79 Å². The Labute approximate surface area is 139 Å². The van der Waals surface area contributed by atoms with Crippen molar-refractivity contribution in [3.63, 3.8) is 0 Å². The molecule has 1 atom stereocenters. The van der Waals surface area contributed by atoms with Crippen molar-refractivity contribution >= 4 is 5.91 Å². The highest BCUT2D eigenvalue weighted by molar-refractivity contribution is 5.79. The molecule has 2 rings (SSSR count). The van der Waals surface area contributed by atoms with Gasteiger partial charge in [0.15, 0.2) is 0 Å². The number of likely N-dealkylation sites (tertiary alicyclic amines) is 1. The molecule has 5 heteroatoms. The number of rotatable bonds is 5. The van der Waals surface area contributed by atoms with Crippen molar-refractivity contribution in [1.82, 2.24) is 15.1 Å². The maximum atomic E-state index is 12.2. The highest BCUT2D eigenvalue weighted by Gasteiger charge is 2.28. The highest BCUT2D eigenvalue weighted by Crippen LogP contribution is 2.16. The summed E-state index contributed by atoms with van der Waals surface area (Å²) in [5.74, 6) is 0.0737. The molecule has 1 unspecified atom stereocenters. The van der Waals surface area contributed by atoms with E-state index in [0.29, 0.717) is 6.54 Å². The molecule has 0 aliphatic carbocycles. The van der Waals surface area contributed by atoms with Gasteiger partial charge in [-0.2, -0.15) is 5.26 Å². The molecule has 1 fully saturated rings. The Morgan fingerprint density at radius 1 is 1.39 bits per heavy atom. The van der Waals surface area contributed by atoms with Crippen LogP contribution in [0.2, 0.25) is 0 Å². The van der Waals surface area contributed by atoms with Gasteiger partial charge in [0.05, 0.1) is 12.6 Å². The van der Waals surface area contributed by atoms with Gasteiger partial charge in [0, 0.05) is 13.1 Å². The highest BCUT2D eigenvalue weighted by atomic mass is 16.2. The van der Waals surface area contributed by atoms with Crippen molar-refractivity contribution in [1.29, 1.82) is 5.26 Å². The van der Waals surface area contributed by atoms with Crippen LogP contribution >= 0.6 is 0 Å². The number of benzene rings is 1. The van der Waals surface area contributed by atoms with Crippen molar-refractivity contribution in [2.45, 2.75) is 25.3 Å². The van der Waals surface area contributed by atoms with E-state index < -0.39 is 0 Å². The number of hydrogen-bond acceptors (Lipinski definition) is 4. The van der Waals surface area contributed by atoms with E-state index in [-0.39, 0.29) is 11.9 Å². The second kappa shape index (κ2) is 10.8. The predicted molar refractivity (Wildman–Crippen MR) is 93.0 cm³/mol. The quantitative estimate of drug-likeness (QED) is 0.894. The van der Waals surface area contributed by atoms with E-state index in [0.717, 1.165) is 32.4 Å². The Morgan fingerprint density at radius 2 is 2.04 bits per heavy atom. The smallest absolute Gasteiger partial charge is 0.237 e. The number of nitriles is 1. The van der Waals surface area contributed by atoms with Crippen LogP contribution in [0.4, 0.5) is 0 Å². The Morgan fingerprint density at radius 3 is 2.65 bits per heavy atom. The molecule has 126 valence electrons. The summed E-state index contributed by atoms with van der Waals surface area (Å²) in [4.78, 5) is 15.9. The van der Waals surface area contributed by atoms with E-state index in [1.54, 1.807) is 4.90 Å². The number of carbonyl (C=O) groups is 1. The number of carbonyl (C=O) groups excluding carboxylic acids is 1. The molecule has 0 spiro atoms. The molecular formula is C18H28N4O. The summed E-state index contributed by atoms with van der Waals surface area (Å²) in [6.45, 7) is 1.97. The van der Waals surface area contributed by atoms with Crippen LogP contribution in [0.25, 0.3) is 0 Å². The zero-order valence-corrected chi connectivity index (χ0v) is 14.5. The standard InChI is InChI=1S/C16H21N3O.C2H7N/c1-18(11-9-14-6-3-2-4-7-14)13-16(20)19-10-5-8-15(19)12-17;1-3-2/h2-4,6-7,15H,5,8-11,13H2,1H3;3H,1-2H3. The molecule has 1 aromatic rings. The van der Waals surface area contributed by atoms with Crippen molar-refractivity contribution in [3.05, 3.63) is 35.9 Å². The van der Waals surface area contributed by atoms with Gasteiger partial charge in [-0.05, 0) is 46.0 Å². The second-order valence-corrected chi connectivity index (χ2v) is 5.85. The largest absolute Gasteiger partial charge is 0.326 e. The maximum Gasteiger partial charge on any atom is 0.237 e. The van der Waals surface area contributed by atoms with E-state index in [2.05, 4.69) is 23.5 Å². The predicted octanol–water partition coefficient (Wildman–Crippen LogP) is 1.51. The molecular weight excluding hydrogens is 288 g/mol. The monoisotopic (exact) mass is 316 g/mol. The van der Waals surface area contributed by atoms with Crippen LogP contribution in [0.5, 0.6) is 0 Å². The number of nitrogens with one attached hydrogen (secondary N) is 1. The number of hydrogen-bond donors (Lipinski definition) is 1. The van der Waals surface area contributed by atoms with E-state index in [4.69, 9.17) is 5.26 Å². The molecule has 0 bridgehead atoms. The summed E-state index contributed by atoms with van der Waals surface area (Å²) in [6.07, 6.45) is 2.69. The van der Waals surface area contributed by atoms with Gasteiger partial charge in [-0.1, -0.05) is 30.3 Å². The third-order valence-corrected chi connectivity index (χ3v) is 3.75. The summed E-state index contributed by atoms with van der Waals surface area (Å²) in [6, 6.07) is 12.3. The van der Waals surface area contributed by atoms with Gasteiger partial charge < -0.3 is 10.2 Å². The summed E-state index contributed by atoms with van der Waals surface area (Å²) in [5.41, 5.74) is 1.28. The molecule has 1 amide bonds. The molecule has 0 radical (unpaired) electrons. The van der Waals surface area contributed by atoms with E-state index in [1.165, 1.54) is 5.56 Å². The minimum atomic E-state index is -0.218. The van der Waals surface area contributed by atoms with Gasteiger partial charge in [0.25, 0.3) is 0 Å². The Bertz CT molecular complexity index is 497. The van der Waals surface area contributed by atoms with Gasteiger partial charge in [-0.25, -0.2) is 0 Å². The normalized spacial score (nSPS) is 16.7. The van der Waals surface area contributed by atoms with Gasteiger partial charge in [-0.3, -0.25) is 9.69 Å². The molecule has 0 saturated carbocycles. The van der Waals surface area contributed by atoms with E-state index >= 15 is 0 Å². The van der Waals surface area contributed by atoms with Crippen molar-refractivity contribution in [3.8, 4) is 6.07 Å². The first-order valence-corrected chi connectivity index (χ1v) is 8.12. The van der Waals surface area contributed by atoms with Crippen LogP contribution in [0.1, 0.15) is 18.4 Å². The molecule has 23 heavy (non-hydrogen) atoms. The van der Waals surface area contributed by atoms with Gasteiger partial charge >= 0.3 is 0 Å². The first kappa shape index (κ1) is 19.1. The fraction of sp³-hybridized carbons (Fsp3) is 0.556. The molecule has 1 heterocycles. The fourth-order valence-electron chi connectivity index (χ4n) is 2.56. The number of likely N-dealkylation sites (N-methyl/N-ethyl adjacent to an activating group) is 1. The minimum Gasteiger partial charge on any atom is -0.326 e. The zero-order valence-electron chi connectivity index (χ0n) is 14.5. The van der Waals surface area contributed by atoms with E-state index in [1.807, 2.05) is 44.2 Å². The Kier molecular flexibility index (Phi) is 8.96. The minimum absolute atomic E-state index is 0.0737. The summed E-state index contributed by atoms with van der Waals surface area (Å²) in [5, 5.41) is 11.8. The van der Waals surface area contributed by atoms with Gasteiger partial charge in [0.1, 0.15) is 6.04 Å². The summed E-state index contributed by atoms with van der Waals surface area (Å²) >= 11 is 0. The number of amides is 1. The van der Waals surface area contributed by atoms with Crippen molar-refractivity contribution in [2.75, 3.05) is 40.8 Å². The number of nitrogens with zero attached hydrogens (tertiary/aromatic N) is 3. The van der Waals surface area contributed by atoms with Crippen LogP contribution in [0.15, 0.2) is 30.3 Å². The van der Waals surface area contributed by atoms with Crippen LogP contribution in [0, 0.1) is 11.3 Å². The second-order valence-electron chi connectivity index (χ2n) is 5.85. The lowest BCUT2D eigenvalue weighted by Gasteiger charge is -2.23. The molecule has 0 aromatic heterocycles. The first-order valence-electron chi connectivity index (χ1n) is 8.12. The fourth-order valence-corrected chi connectivity index (χ4v) is 2.56. The lowest BCUT2D eigenvalue weighted by molar-refractivity contribution is -0.132. The van der Waals surface area contributed by atoms with Crippen LogP contribution in [-0.2, 0) is 11.2 Å². The van der Waals surface area contributed by atoms with Crippen LogP contribution in [-0.4, -0.2) is 62.5 Å². The van der Waals surface area contributed by atoms with Crippen molar-refractivity contribution < 1.29 is 4.79 Å². The molecule has 5 nitrogen and oxygen atoms in total. The van der Waals surface area contributed by atoms with Gasteiger partial charge in [0.2, 0.25) is 5.91 Å². The lowest BCUT2D eigenvalue weighted by atomic mass is 10.1. The SMILES string of the molecule is CN(CCc1ccccc1)CC(=O)N1CCCC1C#N.CNC. The zero-order chi connectivity index (χ0) is 17.1. The molecule has 1 aromatic carbocycles. The third-order valence-electron chi connectivity index (χ3n) is 3.75. The third kappa shape index (κ3) is 6.81. The molecule has 1 aliphatic rings. The first-order chi connectivity index (χ1) is 11.1. The molecule has 1 saturated heterocycles. The van der Waals surface area contributed by atoms with Crippen LogP contribution < -0.4 is 5.32 Å². The van der Waals surface area contributed by atoms with Gasteiger partial charge in [-0.15, -0.1) is 0 Å². The van der Waals surface area contributed by atoms with Crippen LogP contribution in [0.3, 0.4) is 0 Å². The Balaban J connectivity index is 0.000000816. The average molecular weight is 316 g/mol. The maximum absolute atomic E-state index is 12.2. The summed E-state index contributed by atoms with van der Waals surface area (Å²) < 4.78 is 0. The lowest BCUT2D eigenvalue weighted by Crippen LogP contribution is -2.41. The average Bonchev–Trinajstić information content (AvgIpc) is 3.03. The summed E-state index contributed by atoms with van der Waals surface area (Å²) in [7, 11) is 5.71. The van der Waals surface area contributed by atoms with Crippen molar-refractivity contribution in [2.24, 2.45) is 0 Å². The Hall–Kier alpha value is -1.90. The molecule has 1 aliphatic heterocycles. The molecule has 1 N–H and O–H groups in total.